The summed E-state index contributed by atoms with van der Waals surface area (Å²) < 4.78 is 18.2. The molecule has 0 saturated heterocycles. The second-order valence-corrected chi connectivity index (χ2v) is 4.86. The minimum atomic E-state index is -0.476. The van der Waals surface area contributed by atoms with Gasteiger partial charge in [-0.2, -0.15) is 0 Å². The average molecular weight is 307 g/mol. The maximum absolute atomic E-state index is 10.8. The van der Waals surface area contributed by atoms with Gasteiger partial charge in [0.15, 0.2) is 11.5 Å². The van der Waals surface area contributed by atoms with Crippen molar-refractivity contribution < 1.29 is 18.7 Å². The Hall–Kier alpha value is -2.35. The van der Waals surface area contributed by atoms with Gasteiger partial charge < -0.3 is 19.6 Å². The molecule has 3 rings (SSSR count). The summed E-state index contributed by atoms with van der Waals surface area (Å²) in [7, 11) is 0. The van der Waals surface area contributed by atoms with Gasteiger partial charge in [-0.25, -0.2) is 4.68 Å². The molecule has 2 N–H and O–H groups in total. The van der Waals surface area contributed by atoms with Gasteiger partial charge in [0.1, 0.15) is 6.61 Å². The number of aryl methyl sites for hydroxylation is 1. The first-order chi connectivity index (χ1) is 10.1. The van der Waals surface area contributed by atoms with Gasteiger partial charge >= 0.3 is 0 Å². The van der Waals surface area contributed by atoms with Gasteiger partial charge in [-0.3, -0.25) is 4.79 Å². The third kappa shape index (κ3) is 2.89. The summed E-state index contributed by atoms with van der Waals surface area (Å²) in [5.41, 5.74) is 5.10. The average Bonchev–Trinajstić information content (AvgIpc) is 2.86. The molecular weight excluding hydrogens is 294 g/mol. The number of carbonyl (C=O) groups excluding carboxylic acids is 1. The SMILES string of the molecule is NC(=O)CCn1nc(C2COc3ccccc3O2)oc1=S. The fourth-order valence-corrected chi connectivity index (χ4v) is 2.17. The largest absolute Gasteiger partial charge is 0.485 e. The summed E-state index contributed by atoms with van der Waals surface area (Å²) in [6.45, 7) is 0.559. The van der Waals surface area contributed by atoms with Crippen LogP contribution >= 0.6 is 12.2 Å². The first-order valence-electron chi connectivity index (χ1n) is 6.38. The quantitative estimate of drug-likeness (QED) is 0.862. The standard InChI is InChI=1S/C13H13N3O4S/c14-11(17)5-6-16-13(21)20-12(15-16)10-7-18-8-3-1-2-4-9(8)19-10/h1-4,10H,5-7H2,(H2,14,17). The summed E-state index contributed by atoms with van der Waals surface area (Å²) in [6.07, 6.45) is -0.332. The van der Waals surface area contributed by atoms with Crippen LogP contribution in [-0.4, -0.2) is 22.3 Å². The minimum absolute atomic E-state index is 0.144. The molecule has 1 aromatic heterocycles. The van der Waals surface area contributed by atoms with Gasteiger partial charge in [-0.1, -0.05) is 12.1 Å². The van der Waals surface area contributed by atoms with E-state index in [4.69, 9.17) is 31.8 Å². The maximum atomic E-state index is 10.8. The van der Waals surface area contributed by atoms with Crippen molar-refractivity contribution in [2.24, 2.45) is 5.73 Å². The molecule has 2 heterocycles. The molecule has 8 heteroatoms. The van der Waals surface area contributed by atoms with Gasteiger partial charge in [0, 0.05) is 6.42 Å². The molecule has 2 aromatic rings. The molecule has 7 nitrogen and oxygen atoms in total. The monoisotopic (exact) mass is 307 g/mol. The number of ether oxygens (including phenoxy) is 2. The number of hydrogen-bond acceptors (Lipinski definition) is 6. The van der Waals surface area contributed by atoms with Crippen molar-refractivity contribution in [1.82, 2.24) is 9.78 Å². The predicted octanol–water partition coefficient (Wildman–Crippen LogP) is 1.59. The number of primary amides is 1. The van der Waals surface area contributed by atoms with Gasteiger partial charge in [-0.05, 0) is 24.4 Å². The number of amides is 1. The van der Waals surface area contributed by atoms with E-state index in [0.717, 1.165) is 0 Å². The molecule has 1 amide bonds. The molecule has 0 bridgehead atoms. The van der Waals surface area contributed by atoms with Crippen molar-refractivity contribution in [3.8, 4) is 11.5 Å². The first-order valence-corrected chi connectivity index (χ1v) is 6.79. The first kappa shape index (κ1) is 13.6. The molecule has 0 fully saturated rings. The lowest BCUT2D eigenvalue weighted by molar-refractivity contribution is -0.118. The summed E-state index contributed by atoms with van der Waals surface area (Å²) in [6, 6.07) is 7.35. The molecular formula is C13H13N3O4S. The topological polar surface area (TPSA) is 92.5 Å². The predicted molar refractivity (Wildman–Crippen MR) is 74.4 cm³/mol. The number of rotatable bonds is 4. The van der Waals surface area contributed by atoms with Crippen molar-refractivity contribution in [3.05, 3.63) is 35.0 Å². The molecule has 1 atom stereocenters. The molecule has 1 aromatic carbocycles. The Morgan fingerprint density at radius 1 is 1.43 bits per heavy atom. The van der Waals surface area contributed by atoms with Crippen molar-refractivity contribution in [2.75, 3.05) is 6.61 Å². The Morgan fingerprint density at radius 3 is 2.95 bits per heavy atom. The second kappa shape index (κ2) is 5.57. The van der Waals surface area contributed by atoms with Gasteiger partial charge in [-0.15, -0.1) is 5.10 Å². The number of nitrogens with zero attached hydrogens (tertiary/aromatic N) is 2. The van der Waals surface area contributed by atoms with E-state index in [2.05, 4.69) is 5.10 Å². The number of aromatic nitrogens is 2. The van der Waals surface area contributed by atoms with Crippen molar-refractivity contribution in [2.45, 2.75) is 19.1 Å². The Morgan fingerprint density at radius 2 is 2.19 bits per heavy atom. The second-order valence-electron chi connectivity index (χ2n) is 4.51. The molecule has 0 aliphatic carbocycles. The Labute approximate surface area is 125 Å². The molecule has 0 spiro atoms. The minimum Gasteiger partial charge on any atom is -0.485 e. The van der Waals surface area contributed by atoms with Crippen LogP contribution in [-0.2, 0) is 11.3 Å². The lowest BCUT2D eigenvalue weighted by atomic mass is 10.2. The van der Waals surface area contributed by atoms with Crippen molar-refractivity contribution in [3.63, 3.8) is 0 Å². The number of benzene rings is 1. The highest BCUT2D eigenvalue weighted by Gasteiger charge is 2.27. The van der Waals surface area contributed by atoms with Crippen LogP contribution in [0.2, 0.25) is 0 Å². The Balaban J connectivity index is 1.78. The molecule has 1 unspecified atom stereocenters. The smallest absolute Gasteiger partial charge is 0.287 e. The van der Waals surface area contributed by atoms with Crippen LogP contribution in [0.5, 0.6) is 11.5 Å². The van der Waals surface area contributed by atoms with E-state index >= 15 is 0 Å². The van der Waals surface area contributed by atoms with Crippen LogP contribution < -0.4 is 15.2 Å². The van der Waals surface area contributed by atoms with E-state index in [-0.39, 0.29) is 24.4 Å². The van der Waals surface area contributed by atoms with E-state index in [1.165, 1.54) is 4.68 Å². The molecule has 1 aliphatic heterocycles. The summed E-state index contributed by atoms with van der Waals surface area (Å²) in [5, 5.41) is 4.21. The number of fused-ring (bicyclic) bond motifs is 1. The fourth-order valence-electron chi connectivity index (χ4n) is 1.95. The number of para-hydroxylation sites is 2. The van der Waals surface area contributed by atoms with Gasteiger partial charge in [0.25, 0.3) is 10.7 Å². The molecule has 0 radical (unpaired) electrons. The molecule has 21 heavy (non-hydrogen) atoms. The Bertz CT molecular complexity index is 724. The van der Waals surface area contributed by atoms with Crippen LogP contribution in [0.25, 0.3) is 0 Å². The van der Waals surface area contributed by atoms with E-state index < -0.39 is 12.0 Å². The van der Waals surface area contributed by atoms with Crippen molar-refractivity contribution >= 4 is 18.1 Å². The summed E-state index contributed by atoms with van der Waals surface area (Å²) in [5.74, 6) is 1.20. The highest BCUT2D eigenvalue weighted by Crippen LogP contribution is 2.35. The summed E-state index contributed by atoms with van der Waals surface area (Å²) in [4.78, 5) is 11.0. The van der Waals surface area contributed by atoms with E-state index in [1.54, 1.807) is 6.07 Å². The van der Waals surface area contributed by atoms with E-state index in [1.807, 2.05) is 18.2 Å². The number of nitrogens with two attached hydrogens (primary N) is 1. The number of carbonyl (C=O) groups is 1. The van der Waals surface area contributed by atoms with E-state index in [0.29, 0.717) is 17.4 Å². The van der Waals surface area contributed by atoms with Crippen LogP contribution in [0.1, 0.15) is 18.4 Å². The number of hydrogen-bond donors (Lipinski definition) is 1. The van der Waals surface area contributed by atoms with Gasteiger partial charge in [0.05, 0.1) is 6.54 Å². The third-order valence-corrected chi connectivity index (χ3v) is 3.27. The highest BCUT2D eigenvalue weighted by molar-refractivity contribution is 7.71. The molecule has 1 aliphatic rings. The fraction of sp³-hybridized carbons (Fsp3) is 0.308. The normalized spacial score (nSPS) is 16.7. The Kier molecular flexibility index (Phi) is 3.61. The van der Waals surface area contributed by atoms with Crippen molar-refractivity contribution in [1.29, 1.82) is 0 Å². The lowest BCUT2D eigenvalue weighted by Gasteiger charge is -2.23. The molecule has 0 saturated carbocycles. The zero-order chi connectivity index (χ0) is 14.8. The van der Waals surface area contributed by atoms with Crippen LogP contribution in [0.3, 0.4) is 0 Å². The van der Waals surface area contributed by atoms with E-state index in [9.17, 15) is 4.79 Å². The maximum Gasteiger partial charge on any atom is 0.287 e. The zero-order valence-electron chi connectivity index (χ0n) is 11.0. The third-order valence-electron chi connectivity index (χ3n) is 2.98. The summed E-state index contributed by atoms with van der Waals surface area (Å²) >= 11 is 5.06. The van der Waals surface area contributed by atoms with Crippen LogP contribution in [0.15, 0.2) is 28.7 Å². The highest BCUT2D eigenvalue weighted by atomic mass is 32.1. The lowest BCUT2D eigenvalue weighted by Crippen LogP contribution is -2.22. The zero-order valence-corrected chi connectivity index (χ0v) is 11.8. The van der Waals surface area contributed by atoms with Crippen LogP contribution in [0.4, 0.5) is 0 Å². The van der Waals surface area contributed by atoms with Crippen LogP contribution in [0, 0.1) is 4.84 Å². The molecule has 110 valence electrons. The van der Waals surface area contributed by atoms with Gasteiger partial charge in [0.2, 0.25) is 12.0 Å².